The van der Waals surface area contributed by atoms with Crippen molar-refractivity contribution in [2.24, 2.45) is 0 Å². The second-order valence-electron chi connectivity index (χ2n) is 8.01. The van der Waals surface area contributed by atoms with Crippen molar-refractivity contribution in [2.45, 2.75) is 45.4 Å². The third-order valence-corrected chi connectivity index (χ3v) is 5.43. The van der Waals surface area contributed by atoms with E-state index in [-0.39, 0.29) is 23.5 Å². The minimum atomic E-state index is -1.28. The lowest BCUT2D eigenvalue weighted by molar-refractivity contribution is -0.384. The number of carbonyl (C=O) groups is 1. The molecule has 0 bridgehead atoms. The van der Waals surface area contributed by atoms with Crippen LogP contribution in [0.2, 0.25) is 0 Å². The van der Waals surface area contributed by atoms with Gasteiger partial charge in [0.25, 0.3) is 5.69 Å². The molecule has 0 saturated carbocycles. The van der Waals surface area contributed by atoms with Gasteiger partial charge in [-0.2, -0.15) is 0 Å². The molecular weight excluding hydrogens is 410 g/mol. The number of rotatable bonds is 6. The van der Waals surface area contributed by atoms with Crippen molar-refractivity contribution in [3.05, 3.63) is 57.6 Å². The molecule has 0 atom stereocenters. The van der Waals surface area contributed by atoms with E-state index >= 15 is 4.39 Å². The van der Waals surface area contributed by atoms with Gasteiger partial charge in [0.05, 0.1) is 36.0 Å². The summed E-state index contributed by atoms with van der Waals surface area (Å²) >= 11 is 0. The number of esters is 1. The molecule has 1 aliphatic heterocycles. The van der Waals surface area contributed by atoms with Crippen LogP contribution in [0.25, 0.3) is 5.57 Å². The Hall–Kier alpha value is -3.12. The molecule has 0 amide bonds. The molecule has 2 heterocycles. The summed E-state index contributed by atoms with van der Waals surface area (Å²) < 4.78 is 33.1. The topological polar surface area (TPSA) is 119 Å². The first-order chi connectivity index (χ1) is 14.4. The van der Waals surface area contributed by atoms with Crippen molar-refractivity contribution >= 4 is 24.3 Å². The Labute approximate surface area is 178 Å². The summed E-state index contributed by atoms with van der Waals surface area (Å²) in [6.07, 6.45) is 1.31. The largest absolute Gasteiger partial charge is 0.525 e. The minimum Gasteiger partial charge on any atom is -0.464 e. The number of nitro groups is 1. The molecule has 12 heteroatoms. The van der Waals surface area contributed by atoms with Gasteiger partial charge in [0.2, 0.25) is 0 Å². The summed E-state index contributed by atoms with van der Waals surface area (Å²) in [4.78, 5) is 22.1. The van der Waals surface area contributed by atoms with Crippen LogP contribution in [0, 0.1) is 10.1 Å². The molecule has 164 valence electrons. The molecule has 1 aromatic carbocycles. The summed E-state index contributed by atoms with van der Waals surface area (Å²) in [7, 11) is -0.0691. The Balaban J connectivity index is 2.01. The SMILES string of the molecule is COC(=O)c1cn(CC(=C(F)B2OC(C)(C)C(C)(C)O2)c2ccc([N+](=O)[O-])cc2)nn1. The number of benzene rings is 1. The van der Waals surface area contributed by atoms with Gasteiger partial charge in [-0.3, -0.25) is 10.1 Å². The monoisotopic (exact) mass is 432 g/mol. The lowest BCUT2D eigenvalue weighted by atomic mass is 9.82. The first-order valence-corrected chi connectivity index (χ1v) is 9.42. The van der Waals surface area contributed by atoms with E-state index in [0.717, 1.165) is 0 Å². The fourth-order valence-corrected chi connectivity index (χ4v) is 2.91. The van der Waals surface area contributed by atoms with Gasteiger partial charge in [-0.15, -0.1) is 5.10 Å². The maximum atomic E-state index is 15.7. The lowest BCUT2D eigenvalue weighted by Crippen LogP contribution is -2.41. The predicted octanol–water partition coefficient (Wildman–Crippen LogP) is 2.99. The molecule has 1 aromatic heterocycles. The van der Waals surface area contributed by atoms with Crippen LogP contribution in [-0.2, 0) is 20.6 Å². The van der Waals surface area contributed by atoms with Crippen molar-refractivity contribution in [1.29, 1.82) is 0 Å². The molecule has 10 nitrogen and oxygen atoms in total. The normalized spacial score (nSPS) is 17.9. The van der Waals surface area contributed by atoms with E-state index in [1.165, 1.54) is 42.3 Å². The van der Waals surface area contributed by atoms with Gasteiger partial charge in [-0.05, 0) is 45.4 Å². The average Bonchev–Trinajstić information content (AvgIpc) is 3.26. The number of allylic oxidation sites excluding steroid dienone is 1. The van der Waals surface area contributed by atoms with Gasteiger partial charge >= 0.3 is 13.1 Å². The molecule has 2 aromatic rings. The summed E-state index contributed by atoms with van der Waals surface area (Å²) in [5, 5.41) is 18.5. The van der Waals surface area contributed by atoms with Gasteiger partial charge < -0.3 is 14.0 Å². The Kier molecular flexibility index (Phi) is 5.97. The van der Waals surface area contributed by atoms with Crippen LogP contribution >= 0.6 is 0 Å². The standard InChI is InChI=1S/C19H22BFN4O6/c1-18(2)19(3,4)31-20(30-18)16(21)14(12-6-8-13(9-7-12)25(27)28)10-24-11-15(22-23-24)17(26)29-5/h6-9,11H,10H2,1-5H3. The molecule has 0 aliphatic carbocycles. The van der Waals surface area contributed by atoms with Crippen molar-refractivity contribution in [1.82, 2.24) is 15.0 Å². The predicted molar refractivity (Wildman–Crippen MR) is 109 cm³/mol. The van der Waals surface area contributed by atoms with Gasteiger partial charge in [-0.1, -0.05) is 5.21 Å². The number of halogens is 1. The number of hydrogen-bond donors (Lipinski definition) is 0. The molecule has 0 spiro atoms. The van der Waals surface area contributed by atoms with Gasteiger partial charge in [0.15, 0.2) is 5.69 Å². The van der Waals surface area contributed by atoms with E-state index in [9.17, 15) is 14.9 Å². The average molecular weight is 432 g/mol. The fourth-order valence-electron chi connectivity index (χ4n) is 2.91. The molecular formula is C19H22BFN4O6. The Bertz CT molecular complexity index is 1020. The van der Waals surface area contributed by atoms with Crippen LogP contribution in [0.3, 0.4) is 0 Å². The highest BCUT2D eigenvalue weighted by atomic mass is 19.1. The number of hydrogen-bond acceptors (Lipinski definition) is 8. The number of nitro benzene ring substituents is 1. The minimum absolute atomic E-state index is 0.0402. The van der Waals surface area contributed by atoms with Gasteiger partial charge in [-0.25, -0.2) is 13.9 Å². The second-order valence-corrected chi connectivity index (χ2v) is 8.01. The maximum Gasteiger partial charge on any atom is 0.525 e. The van der Waals surface area contributed by atoms with Crippen molar-refractivity contribution in [3.63, 3.8) is 0 Å². The zero-order valence-electron chi connectivity index (χ0n) is 17.8. The van der Waals surface area contributed by atoms with Crippen molar-refractivity contribution in [2.75, 3.05) is 7.11 Å². The Morgan fingerprint density at radius 1 is 1.23 bits per heavy atom. The Morgan fingerprint density at radius 2 is 1.81 bits per heavy atom. The third kappa shape index (κ3) is 4.49. The lowest BCUT2D eigenvalue weighted by Gasteiger charge is -2.32. The molecule has 3 rings (SSSR count). The molecule has 31 heavy (non-hydrogen) atoms. The van der Waals surface area contributed by atoms with Gasteiger partial charge in [0.1, 0.15) is 5.73 Å². The van der Waals surface area contributed by atoms with Crippen LogP contribution in [0.5, 0.6) is 0 Å². The van der Waals surface area contributed by atoms with E-state index in [2.05, 4.69) is 15.0 Å². The number of nitrogens with zero attached hydrogens (tertiary/aromatic N) is 4. The zero-order chi connectivity index (χ0) is 23.0. The molecule has 1 saturated heterocycles. The van der Waals surface area contributed by atoms with E-state index in [0.29, 0.717) is 5.56 Å². The zero-order valence-corrected chi connectivity index (χ0v) is 17.8. The van der Waals surface area contributed by atoms with Crippen LogP contribution in [0.1, 0.15) is 43.7 Å². The molecule has 0 unspecified atom stereocenters. The molecule has 1 fully saturated rings. The highest BCUT2D eigenvalue weighted by molar-refractivity contribution is 6.55. The summed E-state index contributed by atoms with van der Waals surface area (Å²) in [5.41, 5.74) is -1.92. The van der Waals surface area contributed by atoms with Crippen LogP contribution < -0.4 is 0 Å². The van der Waals surface area contributed by atoms with Crippen LogP contribution in [-0.4, -0.2) is 51.3 Å². The van der Waals surface area contributed by atoms with E-state index < -0.39 is 34.9 Å². The van der Waals surface area contributed by atoms with E-state index in [1.807, 2.05) is 0 Å². The number of ether oxygens (including phenoxy) is 1. The molecule has 1 aliphatic rings. The first-order valence-electron chi connectivity index (χ1n) is 9.42. The first kappa shape index (κ1) is 22.6. The highest BCUT2D eigenvalue weighted by Gasteiger charge is 2.53. The van der Waals surface area contributed by atoms with Gasteiger partial charge in [0, 0.05) is 17.7 Å². The van der Waals surface area contributed by atoms with E-state index in [4.69, 9.17) is 9.31 Å². The quantitative estimate of drug-likeness (QED) is 0.296. The van der Waals surface area contributed by atoms with Crippen LogP contribution in [0.15, 0.2) is 36.2 Å². The summed E-state index contributed by atoms with van der Waals surface area (Å²) in [5.74, 6) is -0.682. The number of aromatic nitrogens is 3. The number of non-ortho nitro benzene ring substituents is 1. The number of carbonyl (C=O) groups excluding carboxylic acids is 1. The summed E-state index contributed by atoms with van der Waals surface area (Å²) in [6.45, 7) is 7.06. The van der Waals surface area contributed by atoms with E-state index in [1.54, 1.807) is 27.7 Å². The number of methoxy groups -OCH3 is 1. The molecule has 0 radical (unpaired) electrons. The third-order valence-electron chi connectivity index (χ3n) is 5.43. The second kappa shape index (κ2) is 8.19. The van der Waals surface area contributed by atoms with Crippen molar-refractivity contribution < 1.29 is 28.2 Å². The smallest absolute Gasteiger partial charge is 0.464 e. The fraction of sp³-hybridized carbons (Fsp3) is 0.421. The maximum absolute atomic E-state index is 15.7. The Morgan fingerprint density at radius 3 is 2.32 bits per heavy atom. The molecule has 0 N–H and O–H groups in total. The van der Waals surface area contributed by atoms with Crippen LogP contribution in [0.4, 0.5) is 10.1 Å². The summed E-state index contributed by atoms with van der Waals surface area (Å²) in [6, 6.07) is 5.40. The van der Waals surface area contributed by atoms with Crippen molar-refractivity contribution in [3.8, 4) is 0 Å². The highest BCUT2D eigenvalue weighted by Crippen LogP contribution is 2.40.